The molecule has 1 atom stereocenters. The number of aliphatic hydroxyl groups excluding tert-OH is 1. The molecule has 4 nitrogen and oxygen atoms in total. The summed E-state index contributed by atoms with van der Waals surface area (Å²) in [6.45, 7) is 0.587. The van der Waals surface area contributed by atoms with Gasteiger partial charge in [-0.1, -0.05) is 11.6 Å². The number of aromatic nitrogens is 1. The third-order valence-corrected chi connectivity index (χ3v) is 2.72. The molecular weight excluding hydrogens is 295 g/mol. The molecular formula is C10H14BrClN2O2. The van der Waals surface area contributed by atoms with E-state index in [1.165, 1.54) is 0 Å². The SMILES string of the molecule is COCC(CCO)Nc1ncc(Br)cc1Cl. The summed E-state index contributed by atoms with van der Waals surface area (Å²) in [4.78, 5) is 4.15. The summed E-state index contributed by atoms with van der Waals surface area (Å²) in [6.07, 6.45) is 2.25. The summed E-state index contributed by atoms with van der Waals surface area (Å²) in [5.74, 6) is 0.598. The van der Waals surface area contributed by atoms with E-state index in [2.05, 4.69) is 26.2 Å². The molecule has 0 bridgehead atoms. The lowest BCUT2D eigenvalue weighted by atomic mass is 10.2. The molecule has 0 saturated carbocycles. The molecule has 1 aromatic rings. The Labute approximate surface area is 108 Å². The van der Waals surface area contributed by atoms with Gasteiger partial charge in [0, 0.05) is 24.4 Å². The molecule has 1 aromatic heterocycles. The molecule has 2 N–H and O–H groups in total. The fourth-order valence-corrected chi connectivity index (χ4v) is 1.95. The molecule has 6 heteroatoms. The Kier molecular flexibility index (Phi) is 6.05. The third kappa shape index (κ3) is 4.25. The van der Waals surface area contributed by atoms with Crippen LogP contribution in [0.15, 0.2) is 16.7 Å². The van der Waals surface area contributed by atoms with Crippen molar-refractivity contribution in [2.24, 2.45) is 0 Å². The van der Waals surface area contributed by atoms with Crippen LogP contribution in [0.25, 0.3) is 0 Å². The second kappa shape index (κ2) is 7.06. The molecule has 0 aliphatic carbocycles. The number of nitrogens with zero attached hydrogens (tertiary/aromatic N) is 1. The van der Waals surface area contributed by atoms with E-state index in [4.69, 9.17) is 21.4 Å². The zero-order valence-electron chi connectivity index (χ0n) is 8.91. The van der Waals surface area contributed by atoms with Gasteiger partial charge in [0.05, 0.1) is 17.7 Å². The number of rotatable bonds is 6. The minimum absolute atomic E-state index is 0.00109. The highest BCUT2D eigenvalue weighted by Gasteiger charge is 2.10. The highest BCUT2D eigenvalue weighted by Crippen LogP contribution is 2.23. The largest absolute Gasteiger partial charge is 0.396 e. The van der Waals surface area contributed by atoms with E-state index in [1.54, 1.807) is 19.4 Å². The molecule has 0 aliphatic rings. The normalized spacial score (nSPS) is 12.5. The Hall–Kier alpha value is -0.360. The fourth-order valence-electron chi connectivity index (χ4n) is 1.27. The standard InChI is InChI=1S/C10H14BrClN2O2/c1-16-6-8(2-3-15)14-10-9(12)4-7(11)5-13-10/h4-5,8,15H,2-3,6H2,1H3,(H,13,14). The topological polar surface area (TPSA) is 54.4 Å². The van der Waals surface area contributed by atoms with Crippen LogP contribution in [-0.2, 0) is 4.74 Å². The van der Waals surface area contributed by atoms with Crippen LogP contribution in [0.2, 0.25) is 5.02 Å². The maximum atomic E-state index is 8.90. The van der Waals surface area contributed by atoms with Crippen molar-refractivity contribution in [2.45, 2.75) is 12.5 Å². The van der Waals surface area contributed by atoms with Gasteiger partial charge in [-0.3, -0.25) is 0 Å². The molecule has 0 radical (unpaired) electrons. The quantitative estimate of drug-likeness (QED) is 0.847. The predicted molar refractivity (Wildman–Crippen MR) is 67.9 cm³/mol. The maximum Gasteiger partial charge on any atom is 0.145 e. The molecule has 0 fully saturated rings. The van der Waals surface area contributed by atoms with Crippen LogP contribution in [0.5, 0.6) is 0 Å². The van der Waals surface area contributed by atoms with Crippen LogP contribution in [0.1, 0.15) is 6.42 Å². The summed E-state index contributed by atoms with van der Waals surface area (Å²) < 4.78 is 5.87. The molecule has 0 spiro atoms. The van der Waals surface area contributed by atoms with Crippen molar-refractivity contribution < 1.29 is 9.84 Å². The first-order valence-corrected chi connectivity index (χ1v) is 6.02. The summed E-state index contributed by atoms with van der Waals surface area (Å²) in [5.41, 5.74) is 0. The van der Waals surface area contributed by atoms with Crippen molar-refractivity contribution in [3.63, 3.8) is 0 Å². The van der Waals surface area contributed by atoms with Crippen LogP contribution in [0, 0.1) is 0 Å². The maximum absolute atomic E-state index is 8.90. The lowest BCUT2D eigenvalue weighted by molar-refractivity contribution is 0.170. The molecule has 90 valence electrons. The number of ether oxygens (including phenoxy) is 1. The third-order valence-electron chi connectivity index (χ3n) is 1.99. The van der Waals surface area contributed by atoms with Gasteiger partial charge in [-0.05, 0) is 28.4 Å². The molecule has 16 heavy (non-hydrogen) atoms. The average Bonchev–Trinajstić information content (AvgIpc) is 2.23. The lowest BCUT2D eigenvalue weighted by Crippen LogP contribution is -2.26. The summed E-state index contributed by atoms with van der Waals surface area (Å²) >= 11 is 9.30. The van der Waals surface area contributed by atoms with Gasteiger partial charge >= 0.3 is 0 Å². The van der Waals surface area contributed by atoms with Gasteiger partial charge in [-0.15, -0.1) is 0 Å². The Morgan fingerprint density at radius 3 is 3.00 bits per heavy atom. The van der Waals surface area contributed by atoms with E-state index in [9.17, 15) is 0 Å². The van der Waals surface area contributed by atoms with Gasteiger partial charge in [0.2, 0.25) is 0 Å². The molecule has 1 rings (SSSR count). The summed E-state index contributed by atoms with van der Waals surface area (Å²) in [5, 5.41) is 12.6. The number of anilines is 1. The Bertz CT molecular complexity index is 333. The first-order valence-electron chi connectivity index (χ1n) is 4.84. The first kappa shape index (κ1) is 13.7. The fraction of sp³-hybridized carbons (Fsp3) is 0.500. The highest BCUT2D eigenvalue weighted by molar-refractivity contribution is 9.10. The lowest BCUT2D eigenvalue weighted by Gasteiger charge is -2.18. The van der Waals surface area contributed by atoms with Crippen molar-refractivity contribution in [1.29, 1.82) is 0 Å². The number of methoxy groups -OCH3 is 1. The average molecular weight is 310 g/mol. The Balaban J connectivity index is 2.68. The van der Waals surface area contributed by atoms with Gasteiger partial charge in [-0.2, -0.15) is 0 Å². The van der Waals surface area contributed by atoms with E-state index < -0.39 is 0 Å². The van der Waals surface area contributed by atoms with Crippen molar-refractivity contribution in [1.82, 2.24) is 4.98 Å². The first-order chi connectivity index (χ1) is 7.67. The smallest absolute Gasteiger partial charge is 0.145 e. The molecule has 1 heterocycles. The number of aliphatic hydroxyl groups is 1. The van der Waals surface area contributed by atoms with Crippen molar-refractivity contribution in [3.8, 4) is 0 Å². The minimum Gasteiger partial charge on any atom is -0.396 e. The van der Waals surface area contributed by atoms with Gasteiger partial charge in [-0.25, -0.2) is 4.98 Å². The van der Waals surface area contributed by atoms with E-state index in [-0.39, 0.29) is 12.6 Å². The summed E-state index contributed by atoms with van der Waals surface area (Å²) in [6, 6.07) is 1.76. The van der Waals surface area contributed by atoms with Crippen LogP contribution in [-0.4, -0.2) is 36.5 Å². The van der Waals surface area contributed by atoms with Crippen LogP contribution in [0.4, 0.5) is 5.82 Å². The summed E-state index contributed by atoms with van der Waals surface area (Å²) in [7, 11) is 1.61. The van der Waals surface area contributed by atoms with E-state index in [0.29, 0.717) is 23.9 Å². The monoisotopic (exact) mass is 308 g/mol. The second-order valence-corrected chi connectivity index (χ2v) is 4.62. The van der Waals surface area contributed by atoms with E-state index in [0.717, 1.165) is 4.47 Å². The number of halogens is 2. The number of pyridine rings is 1. The number of hydrogen-bond acceptors (Lipinski definition) is 4. The van der Waals surface area contributed by atoms with Crippen LogP contribution in [0.3, 0.4) is 0 Å². The zero-order valence-corrected chi connectivity index (χ0v) is 11.3. The molecule has 1 unspecified atom stereocenters. The predicted octanol–water partition coefficient (Wildman–Crippen LogP) is 2.31. The van der Waals surface area contributed by atoms with E-state index in [1.807, 2.05) is 0 Å². The Morgan fingerprint density at radius 1 is 1.69 bits per heavy atom. The minimum atomic E-state index is 0.00109. The number of hydrogen-bond donors (Lipinski definition) is 2. The molecule has 0 aliphatic heterocycles. The van der Waals surface area contributed by atoms with Gasteiger partial charge in [0.1, 0.15) is 5.82 Å². The van der Waals surface area contributed by atoms with Gasteiger partial charge in [0.15, 0.2) is 0 Å². The van der Waals surface area contributed by atoms with Gasteiger partial charge in [0.25, 0.3) is 0 Å². The van der Waals surface area contributed by atoms with Crippen molar-refractivity contribution >= 4 is 33.3 Å². The second-order valence-electron chi connectivity index (χ2n) is 3.29. The zero-order chi connectivity index (χ0) is 12.0. The van der Waals surface area contributed by atoms with Crippen molar-refractivity contribution in [2.75, 3.05) is 25.6 Å². The molecule has 0 saturated heterocycles. The molecule has 0 amide bonds. The number of nitrogens with one attached hydrogen (secondary N) is 1. The van der Waals surface area contributed by atoms with Gasteiger partial charge < -0.3 is 15.2 Å². The van der Waals surface area contributed by atoms with Crippen LogP contribution >= 0.6 is 27.5 Å². The molecule has 0 aromatic carbocycles. The highest BCUT2D eigenvalue weighted by atomic mass is 79.9. The van der Waals surface area contributed by atoms with Crippen molar-refractivity contribution in [3.05, 3.63) is 21.8 Å². The van der Waals surface area contributed by atoms with E-state index >= 15 is 0 Å². The van der Waals surface area contributed by atoms with Crippen LogP contribution < -0.4 is 5.32 Å². The Morgan fingerprint density at radius 2 is 2.44 bits per heavy atom.